The molecule has 152 valence electrons. The monoisotopic (exact) mass is 479 g/mol. The molecule has 0 saturated heterocycles. The fraction of sp³-hybridized carbons (Fsp3) is 0.292. The molecule has 1 aliphatic rings. The molecule has 1 fully saturated rings. The van der Waals surface area contributed by atoms with Gasteiger partial charge >= 0.3 is 0 Å². The Balaban J connectivity index is 1.45. The molecule has 3 heterocycles. The van der Waals surface area contributed by atoms with Crippen LogP contribution in [0.3, 0.4) is 0 Å². The van der Waals surface area contributed by atoms with E-state index in [1.54, 1.807) is 0 Å². The minimum Gasteiger partial charge on any atom is -0.320 e. The number of carbonyl (C=O) groups excluding carboxylic acids is 1. The first kappa shape index (κ1) is 19.6. The number of nitrogens with zero attached hydrogens (tertiary/aromatic N) is 3. The lowest BCUT2D eigenvalue weighted by molar-refractivity contribution is 0.0946. The smallest absolute Gasteiger partial charge is 0.173 e. The summed E-state index contributed by atoms with van der Waals surface area (Å²) >= 11 is 4.99. The molecular weight excluding hydrogens is 458 g/mol. The van der Waals surface area contributed by atoms with Gasteiger partial charge in [0.25, 0.3) is 0 Å². The molecule has 30 heavy (non-hydrogen) atoms. The van der Waals surface area contributed by atoms with Gasteiger partial charge in [0.05, 0.1) is 19.7 Å². The highest BCUT2D eigenvalue weighted by Gasteiger charge is 2.29. The number of hydrogen-bond donors (Lipinski definition) is 0. The maximum absolute atomic E-state index is 12.8. The van der Waals surface area contributed by atoms with Crippen LogP contribution in [0.15, 0.2) is 64.6 Å². The van der Waals surface area contributed by atoms with E-state index >= 15 is 0 Å². The van der Waals surface area contributed by atoms with E-state index in [2.05, 4.69) is 43.7 Å². The second-order valence-electron chi connectivity index (χ2n) is 7.93. The van der Waals surface area contributed by atoms with Gasteiger partial charge in [0, 0.05) is 18.7 Å². The number of pyridine rings is 1. The second-order valence-corrected chi connectivity index (χ2v) is 10.4. The molecule has 0 bridgehead atoms. The van der Waals surface area contributed by atoms with Crippen molar-refractivity contribution in [1.82, 2.24) is 14.5 Å². The zero-order valence-electron chi connectivity index (χ0n) is 16.5. The third-order valence-corrected chi connectivity index (χ3v) is 7.60. The number of benzene rings is 1. The van der Waals surface area contributed by atoms with Crippen LogP contribution in [-0.4, -0.2) is 20.3 Å². The summed E-state index contributed by atoms with van der Waals surface area (Å²) in [5, 5.41) is 0. The number of hydrogen-bond acceptors (Lipinski definition) is 4. The maximum atomic E-state index is 12.8. The molecule has 2 unspecified atom stereocenters. The molecule has 4 aromatic rings. The standard InChI is InChI=1S/C24H22BrN3OS/c25-23-12-11-22(30-23)21(29)15-16-6-5-7-17(14-16)28-20-10-2-1-8-18(20)27-24(28)19-9-3-4-13-26-19/h1-4,8-13,16-17H,5-7,14-15H2. The number of fused-ring (bicyclic) bond motifs is 1. The third-order valence-electron chi connectivity index (χ3n) is 5.93. The highest BCUT2D eigenvalue weighted by Crippen LogP contribution is 2.39. The number of thiophene rings is 1. The van der Waals surface area contributed by atoms with E-state index in [1.165, 1.54) is 11.3 Å². The molecule has 2 atom stereocenters. The summed E-state index contributed by atoms with van der Waals surface area (Å²) in [6.07, 6.45) is 6.79. The summed E-state index contributed by atoms with van der Waals surface area (Å²) in [5.41, 5.74) is 3.05. The molecule has 0 amide bonds. The predicted molar refractivity (Wildman–Crippen MR) is 125 cm³/mol. The van der Waals surface area contributed by atoms with Crippen LogP contribution >= 0.6 is 27.3 Å². The SMILES string of the molecule is O=C(CC1CCCC(n2c(-c3ccccn3)nc3ccccc32)C1)c1ccc(Br)s1. The molecule has 4 nitrogen and oxygen atoms in total. The van der Waals surface area contributed by atoms with Crippen molar-refractivity contribution in [1.29, 1.82) is 0 Å². The highest BCUT2D eigenvalue weighted by atomic mass is 79.9. The molecule has 5 rings (SSSR count). The van der Waals surface area contributed by atoms with E-state index in [0.29, 0.717) is 18.4 Å². The maximum Gasteiger partial charge on any atom is 0.173 e. The summed E-state index contributed by atoms with van der Waals surface area (Å²) in [6, 6.07) is 18.5. The van der Waals surface area contributed by atoms with Crippen molar-refractivity contribution < 1.29 is 4.79 Å². The average molecular weight is 480 g/mol. The molecule has 6 heteroatoms. The molecule has 1 saturated carbocycles. The highest BCUT2D eigenvalue weighted by molar-refractivity contribution is 9.11. The zero-order valence-corrected chi connectivity index (χ0v) is 18.9. The Morgan fingerprint density at radius 1 is 1.10 bits per heavy atom. The van der Waals surface area contributed by atoms with Crippen LogP contribution in [0.5, 0.6) is 0 Å². The van der Waals surface area contributed by atoms with Gasteiger partial charge in [-0.25, -0.2) is 4.98 Å². The van der Waals surface area contributed by atoms with E-state index in [9.17, 15) is 4.79 Å². The van der Waals surface area contributed by atoms with Gasteiger partial charge in [-0.2, -0.15) is 0 Å². The largest absolute Gasteiger partial charge is 0.320 e. The lowest BCUT2D eigenvalue weighted by atomic mass is 9.82. The molecular formula is C24H22BrN3OS. The summed E-state index contributed by atoms with van der Waals surface area (Å²) in [6.45, 7) is 0. The second kappa shape index (κ2) is 8.44. The Hall–Kier alpha value is -2.31. The lowest BCUT2D eigenvalue weighted by Gasteiger charge is -2.31. The topological polar surface area (TPSA) is 47.8 Å². The fourth-order valence-electron chi connectivity index (χ4n) is 4.60. The number of carbonyl (C=O) groups is 1. The van der Waals surface area contributed by atoms with Crippen LogP contribution in [-0.2, 0) is 0 Å². The number of rotatable bonds is 5. The molecule has 3 aromatic heterocycles. The minimum atomic E-state index is 0.261. The quantitative estimate of drug-likeness (QED) is 0.291. The first-order valence-corrected chi connectivity index (χ1v) is 12.0. The van der Waals surface area contributed by atoms with Crippen LogP contribution in [0.4, 0.5) is 0 Å². The molecule has 0 aliphatic heterocycles. The third kappa shape index (κ3) is 3.86. The van der Waals surface area contributed by atoms with Crippen LogP contribution in [0.25, 0.3) is 22.6 Å². The molecule has 1 aliphatic carbocycles. The Labute approximate surface area is 188 Å². The number of halogens is 1. The van der Waals surface area contributed by atoms with E-state index in [0.717, 1.165) is 56.9 Å². The lowest BCUT2D eigenvalue weighted by Crippen LogP contribution is -2.22. The van der Waals surface area contributed by atoms with Gasteiger partial charge in [0.2, 0.25) is 0 Å². The number of Topliss-reactive ketones (excluding diaryl/α,β-unsaturated/α-hetero) is 1. The molecule has 0 N–H and O–H groups in total. The van der Waals surface area contributed by atoms with Crippen molar-refractivity contribution in [3.05, 3.63) is 69.5 Å². The van der Waals surface area contributed by atoms with Crippen molar-refractivity contribution in [2.24, 2.45) is 5.92 Å². The summed E-state index contributed by atoms with van der Waals surface area (Å²) in [7, 11) is 0. The average Bonchev–Trinajstić information content (AvgIpc) is 3.38. The first-order chi connectivity index (χ1) is 14.7. The normalized spacial score (nSPS) is 19.2. The van der Waals surface area contributed by atoms with Crippen molar-refractivity contribution in [3.63, 3.8) is 0 Å². The van der Waals surface area contributed by atoms with Gasteiger partial charge in [0.15, 0.2) is 11.6 Å². The van der Waals surface area contributed by atoms with Crippen molar-refractivity contribution >= 4 is 44.1 Å². The van der Waals surface area contributed by atoms with Crippen molar-refractivity contribution in [3.8, 4) is 11.5 Å². The zero-order chi connectivity index (χ0) is 20.5. The van der Waals surface area contributed by atoms with Gasteiger partial charge in [0.1, 0.15) is 5.69 Å². The van der Waals surface area contributed by atoms with E-state index in [4.69, 9.17) is 4.98 Å². The summed E-state index contributed by atoms with van der Waals surface area (Å²) in [4.78, 5) is 23.1. The Kier molecular flexibility index (Phi) is 5.52. The number of para-hydroxylation sites is 2. The molecule has 1 aromatic carbocycles. The summed E-state index contributed by atoms with van der Waals surface area (Å²) in [5.74, 6) is 1.59. The van der Waals surface area contributed by atoms with Gasteiger partial charge in [-0.1, -0.05) is 24.6 Å². The Bertz CT molecular complexity index is 1180. The van der Waals surface area contributed by atoms with E-state index < -0.39 is 0 Å². The fourth-order valence-corrected chi connectivity index (χ4v) is 5.93. The van der Waals surface area contributed by atoms with Crippen LogP contribution in [0.1, 0.15) is 47.8 Å². The number of imidazole rings is 1. The van der Waals surface area contributed by atoms with Gasteiger partial charge < -0.3 is 4.57 Å². The van der Waals surface area contributed by atoms with Gasteiger partial charge in [-0.05, 0) is 77.5 Å². The van der Waals surface area contributed by atoms with Crippen LogP contribution < -0.4 is 0 Å². The summed E-state index contributed by atoms with van der Waals surface area (Å²) < 4.78 is 3.38. The predicted octanol–water partition coefficient (Wildman–Crippen LogP) is 6.93. The van der Waals surface area contributed by atoms with E-state index in [1.807, 2.05) is 42.6 Å². The van der Waals surface area contributed by atoms with Crippen LogP contribution in [0, 0.1) is 5.92 Å². The first-order valence-electron chi connectivity index (χ1n) is 10.4. The molecule has 0 spiro atoms. The molecule has 0 radical (unpaired) electrons. The van der Waals surface area contributed by atoms with E-state index in [-0.39, 0.29) is 5.78 Å². The Morgan fingerprint density at radius 3 is 2.77 bits per heavy atom. The minimum absolute atomic E-state index is 0.261. The number of ketones is 1. The van der Waals surface area contributed by atoms with Crippen LogP contribution in [0.2, 0.25) is 0 Å². The Morgan fingerprint density at radius 2 is 1.97 bits per heavy atom. The van der Waals surface area contributed by atoms with Gasteiger partial charge in [-0.3, -0.25) is 9.78 Å². The van der Waals surface area contributed by atoms with Gasteiger partial charge in [-0.15, -0.1) is 11.3 Å². The number of aromatic nitrogens is 3. The van der Waals surface area contributed by atoms with Crippen molar-refractivity contribution in [2.75, 3.05) is 0 Å². The van der Waals surface area contributed by atoms with Crippen molar-refractivity contribution in [2.45, 2.75) is 38.1 Å².